The maximum absolute atomic E-state index is 8.77. The van der Waals surface area contributed by atoms with Crippen molar-refractivity contribution in [1.29, 1.82) is 0 Å². The van der Waals surface area contributed by atoms with E-state index in [1.807, 2.05) is 0 Å². The molecule has 1 atom stereocenters. The number of rotatable bonds is 1. The molecule has 0 amide bonds. The number of hydrogen-bond donors (Lipinski definition) is 1. The molecule has 0 heterocycles. The smallest absolute Gasteiger partial charge is 0.401 e. The Bertz CT molecular complexity index is 218. The number of carbonyl (C=O) groups is 1. The zero-order valence-electron chi connectivity index (χ0n) is 7.35. The highest BCUT2D eigenvalue weighted by atomic mass is 79.9. The van der Waals surface area contributed by atoms with Gasteiger partial charge in [-0.05, 0) is 49.6 Å². The molecule has 0 radical (unpaired) electrons. The first kappa shape index (κ1) is 13.5. The summed E-state index contributed by atoms with van der Waals surface area (Å²) >= 11 is 10.9. The van der Waals surface area contributed by atoms with Gasteiger partial charge in [-0.1, -0.05) is 19.9 Å². The highest BCUT2D eigenvalue weighted by Crippen LogP contribution is 2.53. The maximum Gasteiger partial charge on any atom is 0.401 e. The lowest BCUT2D eigenvalue weighted by Gasteiger charge is -1.95. The van der Waals surface area contributed by atoms with Gasteiger partial charge in [-0.25, -0.2) is 4.79 Å². The van der Waals surface area contributed by atoms with Crippen molar-refractivity contribution >= 4 is 48.9 Å². The SMILES string of the molecule is CC1(C)CC1C=C(Br)Br.O=C(O)Cl. The van der Waals surface area contributed by atoms with Gasteiger partial charge in [0.25, 0.3) is 0 Å². The quantitative estimate of drug-likeness (QED) is 0.713. The fraction of sp³-hybridized carbons (Fsp3) is 0.625. The Morgan fingerprint density at radius 1 is 1.62 bits per heavy atom. The molecule has 0 saturated heterocycles. The van der Waals surface area contributed by atoms with Crippen LogP contribution in [0.4, 0.5) is 4.79 Å². The third-order valence-electron chi connectivity index (χ3n) is 1.92. The van der Waals surface area contributed by atoms with Gasteiger partial charge in [0.1, 0.15) is 0 Å². The highest BCUT2D eigenvalue weighted by molar-refractivity contribution is 9.28. The summed E-state index contributed by atoms with van der Waals surface area (Å²) in [6, 6.07) is 0. The van der Waals surface area contributed by atoms with Crippen LogP contribution in [-0.4, -0.2) is 10.5 Å². The lowest BCUT2D eigenvalue weighted by atomic mass is 10.1. The normalized spacial score (nSPS) is 22.4. The standard InChI is InChI=1S/C7H10Br2.CHClO2/c1-7(2)4-5(7)3-6(8)9;2-1(3)4/h3,5H,4H2,1-2H3;(H,3,4). The van der Waals surface area contributed by atoms with Crippen molar-refractivity contribution in [3.05, 3.63) is 9.47 Å². The molecule has 1 aliphatic carbocycles. The molecule has 1 fully saturated rings. The van der Waals surface area contributed by atoms with Crippen molar-refractivity contribution in [2.45, 2.75) is 20.3 Å². The second-order valence-corrected chi connectivity index (χ2v) is 6.60. The van der Waals surface area contributed by atoms with Crippen molar-refractivity contribution in [2.75, 3.05) is 0 Å². The molecule has 5 heteroatoms. The number of halogens is 3. The van der Waals surface area contributed by atoms with E-state index in [-0.39, 0.29) is 0 Å². The van der Waals surface area contributed by atoms with Crippen molar-refractivity contribution in [1.82, 2.24) is 0 Å². The summed E-state index contributed by atoms with van der Waals surface area (Å²) in [6.45, 7) is 4.58. The maximum atomic E-state index is 8.77. The predicted octanol–water partition coefficient (Wildman–Crippen LogP) is 4.57. The molecular formula is C8H11Br2ClO2. The Hall–Kier alpha value is 0.460. The summed E-state index contributed by atoms with van der Waals surface area (Å²) in [4.78, 5) is 8.77. The summed E-state index contributed by atoms with van der Waals surface area (Å²) in [5.74, 6) is 0.784. The third kappa shape index (κ3) is 7.52. The van der Waals surface area contributed by atoms with Gasteiger partial charge < -0.3 is 5.11 Å². The Balaban J connectivity index is 0.000000310. The van der Waals surface area contributed by atoms with Crippen LogP contribution in [0.3, 0.4) is 0 Å². The van der Waals surface area contributed by atoms with Crippen molar-refractivity contribution in [3.8, 4) is 0 Å². The molecule has 2 nitrogen and oxygen atoms in total. The molecule has 0 aromatic heterocycles. The van der Waals surface area contributed by atoms with Crippen LogP contribution < -0.4 is 0 Å². The minimum atomic E-state index is -1.36. The molecule has 1 N–H and O–H groups in total. The average Bonchev–Trinajstić information content (AvgIpc) is 2.34. The Morgan fingerprint density at radius 2 is 1.92 bits per heavy atom. The van der Waals surface area contributed by atoms with Crippen molar-refractivity contribution < 1.29 is 9.90 Å². The Labute approximate surface area is 99.6 Å². The first-order chi connectivity index (χ1) is 5.75. The minimum absolute atomic E-state index is 0.562. The van der Waals surface area contributed by atoms with Gasteiger partial charge in [0.15, 0.2) is 0 Å². The lowest BCUT2D eigenvalue weighted by Crippen LogP contribution is -1.85. The fourth-order valence-electron chi connectivity index (χ4n) is 0.944. The molecule has 0 aromatic carbocycles. The van der Waals surface area contributed by atoms with Gasteiger partial charge in [-0.15, -0.1) is 0 Å². The van der Waals surface area contributed by atoms with Gasteiger partial charge in [0.05, 0.1) is 3.39 Å². The molecule has 0 aliphatic heterocycles. The molecule has 0 spiro atoms. The molecule has 76 valence electrons. The van der Waals surface area contributed by atoms with Crippen LogP contribution in [0.1, 0.15) is 20.3 Å². The van der Waals surface area contributed by atoms with Crippen LogP contribution >= 0.6 is 43.5 Å². The van der Waals surface area contributed by atoms with Gasteiger partial charge >= 0.3 is 5.43 Å². The van der Waals surface area contributed by atoms with Crippen molar-refractivity contribution in [2.24, 2.45) is 11.3 Å². The molecule has 1 unspecified atom stereocenters. The zero-order valence-corrected chi connectivity index (χ0v) is 11.3. The summed E-state index contributed by atoms with van der Waals surface area (Å²) in [5.41, 5.74) is -0.799. The summed E-state index contributed by atoms with van der Waals surface area (Å²) in [5, 5.41) is 7.18. The molecular weight excluding hydrogens is 323 g/mol. The summed E-state index contributed by atoms with van der Waals surface area (Å²) < 4.78 is 1.09. The number of carboxylic acid groups (broad SMARTS) is 1. The van der Waals surface area contributed by atoms with Crippen LogP contribution in [0.2, 0.25) is 0 Å². The molecule has 1 aliphatic rings. The minimum Gasteiger partial charge on any atom is -0.469 e. The Morgan fingerprint density at radius 3 is 2.00 bits per heavy atom. The van der Waals surface area contributed by atoms with Crippen LogP contribution in [0.15, 0.2) is 9.47 Å². The second-order valence-electron chi connectivity index (χ2n) is 3.51. The fourth-order valence-corrected chi connectivity index (χ4v) is 1.58. The first-order valence-corrected chi connectivity index (χ1v) is 5.63. The second kappa shape index (κ2) is 5.37. The molecule has 1 saturated carbocycles. The van der Waals surface area contributed by atoms with Crippen LogP contribution in [-0.2, 0) is 0 Å². The number of allylic oxidation sites excluding steroid dienone is 1. The van der Waals surface area contributed by atoms with E-state index in [1.54, 1.807) is 0 Å². The lowest BCUT2D eigenvalue weighted by molar-refractivity contribution is 0.220. The molecule has 0 bridgehead atoms. The summed E-state index contributed by atoms with van der Waals surface area (Å²) in [6.07, 6.45) is 3.55. The van der Waals surface area contributed by atoms with Gasteiger partial charge in [-0.2, -0.15) is 0 Å². The van der Waals surface area contributed by atoms with Crippen LogP contribution in [0.25, 0.3) is 0 Å². The largest absolute Gasteiger partial charge is 0.469 e. The molecule has 13 heavy (non-hydrogen) atoms. The topological polar surface area (TPSA) is 37.3 Å². The van der Waals surface area contributed by atoms with Crippen molar-refractivity contribution in [3.63, 3.8) is 0 Å². The van der Waals surface area contributed by atoms with Gasteiger partial charge in [0, 0.05) is 11.6 Å². The van der Waals surface area contributed by atoms with Crippen LogP contribution in [0.5, 0.6) is 0 Å². The molecule has 0 aromatic rings. The monoisotopic (exact) mass is 332 g/mol. The van der Waals surface area contributed by atoms with Gasteiger partial charge in [0.2, 0.25) is 0 Å². The Kier molecular flexibility index (Phi) is 5.56. The van der Waals surface area contributed by atoms with E-state index in [9.17, 15) is 0 Å². The summed E-state index contributed by atoms with van der Waals surface area (Å²) in [7, 11) is 0. The average molecular weight is 334 g/mol. The van der Waals surface area contributed by atoms with E-state index < -0.39 is 5.43 Å². The highest BCUT2D eigenvalue weighted by Gasteiger charge is 2.43. The van der Waals surface area contributed by atoms with E-state index in [2.05, 4.69) is 63.4 Å². The van der Waals surface area contributed by atoms with E-state index in [0.717, 1.165) is 9.31 Å². The zero-order chi connectivity index (χ0) is 10.6. The van der Waals surface area contributed by atoms with E-state index in [4.69, 9.17) is 9.90 Å². The first-order valence-electron chi connectivity index (χ1n) is 3.67. The predicted molar refractivity (Wildman–Crippen MR) is 61.7 cm³/mol. The third-order valence-corrected chi connectivity index (χ3v) is 2.45. The van der Waals surface area contributed by atoms with E-state index in [0.29, 0.717) is 5.41 Å². The van der Waals surface area contributed by atoms with Gasteiger partial charge in [-0.3, -0.25) is 0 Å². The van der Waals surface area contributed by atoms with E-state index in [1.165, 1.54) is 6.42 Å². The number of hydrogen-bond acceptors (Lipinski definition) is 1. The van der Waals surface area contributed by atoms with Crippen LogP contribution in [0, 0.1) is 11.3 Å². The molecule has 1 rings (SSSR count). The van der Waals surface area contributed by atoms with E-state index >= 15 is 0 Å².